The standard InChI is InChI=1S/C11H9N3S/c1-8-4-5-10(13-7-8)14-9-3-2-6-12-11(9)15/h2-7H,1H3. The van der Waals surface area contributed by atoms with Gasteiger partial charge in [0.1, 0.15) is 5.71 Å². The molecule has 74 valence electrons. The first-order valence-electron chi connectivity index (χ1n) is 4.52. The first-order chi connectivity index (χ1) is 7.25. The van der Waals surface area contributed by atoms with Crippen molar-refractivity contribution in [2.75, 3.05) is 0 Å². The number of aliphatic imine (C=N–C) groups is 2. The number of allylic oxidation sites excluding steroid dienone is 1. The highest BCUT2D eigenvalue weighted by atomic mass is 32.1. The van der Waals surface area contributed by atoms with Crippen molar-refractivity contribution in [2.45, 2.75) is 6.92 Å². The third-order valence-electron chi connectivity index (χ3n) is 1.88. The van der Waals surface area contributed by atoms with E-state index < -0.39 is 0 Å². The molecule has 0 N–H and O–H groups in total. The van der Waals surface area contributed by atoms with Crippen molar-refractivity contribution in [2.24, 2.45) is 9.98 Å². The van der Waals surface area contributed by atoms with Crippen LogP contribution in [0.25, 0.3) is 0 Å². The van der Waals surface area contributed by atoms with Crippen LogP contribution < -0.4 is 0 Å². The van der Waals surface area contributed by atoms with Crippen molar-refractivity contribution in [3.8, 4) is 0 Å². The minimum absolute atomic E-state index is 0.500. The van der Waals surface area contributed by atoms with Crippen molar-refractivity contribution in [1.82, 2.24) is 4.98 Å². The van der Waals surface area contributed by atoms with E-state index in [1.807, 2.05) is 31.2 Å². The molecule has 1 aromatic heterocycles. The Bertz CT molecular complexity index is 469. The average molecular weight is 215 g/mol. The number of aromatic nitrogens is 1. The number of pyridine rings is 1. The summed E-state index contributed by atoms with van der Waals surface area (Å²) in [6.07, 6.45) is 7.07. The number of hydrogen-bond donors (Lipinski definition) is 0. The monoisotopic (exact) mass is 215 g/mol. The number of thiocarbonyl (C=S) groups is 1. The van der Waals surface area contributed by atoms with Crippen LogP contribution >= 0.6 is 12.2 Å². The van der Waals surface area contributed by atoms with E-state index in [4.69, 9.17) is 12.2 Å². The van der Waals surface area contributed by atoms with Gasteiger partial charge in [-0.05, 0) is 30.7 Å². The molecule has 0 saturated heterocycles. The summed E-state index contributed by atoms with van der Waals surface area (Å²) in [5, 5.41) is 0. The number of aryl methyl sites for hydroxylation is 1. The van der Waals surface area contributed by atoms with E-state index in [0.29, 0.717) is 16.5 Å². The van der Waals surface area contributed by atoms with Crippen LogP contribution in [0.1, 0.15) is 5.56 Å². The summed E-state index contributed by atoms with van der Waals surface area (Å²) in [5.74, 6) is 0.653. The Morgan fingerprint density at radius 2 is 2.20 bits per heavy atom. The van der Waals surface area contributed by atoms with Crippen LogP contribution in [0.15, 0.2) is 40.5 Å². The second-order valence-corrected chi connectivity index (χ2v) is 3.52. The normalized spacial score (nSPS) is 17.4. The molecule has 2 rings (SSSR count). The molecular formula is C11H9N3S. The fourth-order valence-electron chi connectivity index (χ4n) is 1.12. The molecule has 0 bridgehead atoms. The molecule has 0 atom stereocenters. The van der Waals surface area contributed by atoms with Crippen LogP contribution in [0, 0.1) is 6.92 Å². The summed E-state index contributed by atoms with van der Waals surface area (Å²) in [5.41, 5.74) is 1.79. The molecule has 2 heterocycles. The first-order valence-corrected chi connectivity index (χ1v) is 4.93. The molecule has 0 radical (unpaired) electrons. The quantitative estimate of drug-likeness (QED) is 0.675. The summed E-state index contributed by atoms with van der Waals surface area (Å²) >= 11 is 5.04. The predicted octanol–water partition coefficient (Wildman–Crippen LogP) is 2.43. The lowest BCUT2D eigenvalue weighted by Gasteiger charge is -2.01. The van der Waals surface area contributed by atoms with Crippen molar-refractivity contribution >= 4 is 35.0 Å². The Morgan fingerprint density at radius 1 is 1.33 bits per heavy atom. The summed E-state index contributed by atoms with van der Waals surface area (Å²) in [7, 11) is 0. The van der Waals surface area contributed by atoms with E-state index in [-0.39, 0.29) is 0 Å². The molecule has 0 saturated carbocycles. The molecule has 0 fully saturated rings. The van der Waals surface area contributed by atoms with Crippen LogP contribution in [-0.2, 0) is 0 Å². The second-order valence-electron chi connectivity index (χ2n) is 3.13. The SMILES string of the molecule is Cc1ccc(N=C2C=CC=NC2=S)nc1. The topological polar surface area (TPSA) is 37.6 Å². The van der Waals surface area contributed by atoms with Crippen LogP contribution in [-0.4, -0.2) is 21.9 Å². The minimum atomic E-state index is 0.500. The zero-order valence-electron chi connectivity index (χ0n) is 8.21. The largest absolute Gasteiger partial charge is 0.243 e. The van der Waals surface area contributed by atoms with Gasteiger partial charge in [-0.25, -0.2) is 15.0 Å². The minimum Gasteiger partial charge on any atom is -0.243 e. The average Bonchev–Trinajstić information content (AvgIpc) is 2.25. The third kappa shape index (κ3) is 2.41. The number of dihydropyridines is 1. The second kappa shape index (κ2) is 4.23. The zero-order valence-corrected chi connectivity index (χ0v) is 9.03. The Labute approximate surface area is 93.3 Å². The fourth-order valence-corrected chi connectivity index (χ4v) is 1.29. The van der Waals surface area contributed by atoms with Crippen LogP contribution in [0.5, 0.6) is 0 Å². The fraction of sp³-hybridized carbons (Fsp3) is 0.0909. The highest BCUT2D eigenvalue weighted by Crippen LogP contribution is 2.10. The molecule has 0 amide bonds. The Kier molecular flexibility index (Phi) is 2.78. The van der Waals surface area contributed by atoms with Crippen molar-refractivity contribution in [3.63, 3.8) is 0 Å². The maximum absolute atomic E-state index is 5.04. The maximum atomic E-state index is 5.04. The number of hydrogen-bond acceptors (Lipinski definition) is 3. The molecule has 0 aromatic carbocycles. The van der Waals surface area contributed by atoms with E-state index in [9.17, 15) is 0 Å². The summed E-state index contributed by atoms with van der Waals surface area (Å²) in [6, 6.07) is 3.82. The van der Waals surface area contributed by atoms with Gasteiger partial charge in [-0.1, -0.05) is 18.3 Å². The molecule has 0 aliphatic carbocycles. The van der Waals surface area contributed by atoms with Gasteiger partial charge in [-0.3, -0.25) is 0 Å². The van der Waals surface area contributed by atoms with Crippen LogP contribution in [0.3, 0.4) is 0 Å². The van der Waals surface area contributed by atoms with Gasteiger partial charge in [0, 0.05) is 12.4 Å². The van der Waals surface area contributed by atoms with E-state index in [1.54, 1.807) is 12.4 Å². The van der Waals surface area contributed by atoms with Crippen LogP contribution in [0.2, 0.25) is 0 Å². The molecule has 1 aromatic rings. The van der Waals surface area contributed by atoms with Gasteiger partial charge in [0.05, 0.1) is 0 Å². The summed E-state index contributed by atoms with van der Waals surface area (Å²) < 4.78 is 0. The van der Waals surface area contributed by atoms with Crippen LogP contribution in [0.4, 0.5) is 5.82 Å². The third-order valence-corrected chi connectivity index (χ3v) is 2.20. The van der Waals surface area contributed by atoms with Gasteiger partial charge in [-0.15, -0.1) is 0 Å². The van der Waals surface area contributed by atoms with E-state index >= 15 is 0 Å². The number of rotatable bonds is 1. The smallest absolute Gasteiger partial charge is 0.152 e. The van der Waals surface area contributed by atoms with Crippen molar-refractivity contribution in [3.05, 3.63) is 36.0 Å². The Hall–Kier alpha value is -1.68. The highest BCUT2D eigenvalue weighted by molar-refractivity contribution is 7.82. The molecule has 1 aliphatic heterocycles. The van der Waals surface area contributed by atoms with E-state index in [2.05, 4.69) is 15.0 Å². The van der Waals surface area contributed by atoms with Gasteiger partial charge < -0.3 is 0 Å². The van der Waals surface area contributed by atoms with Crippen molar-refractivity contribution < 1.29 is 0 Å². The molecule has 0 spiro atoms. The van der Waals surface area contributed by atoms with Gasteiger partial charge in [0.15, 0.2) is 10.8 Å². The van der Waals surface area contributed by atoms with Gasteiger partial charge in [0.2, 0.25) is 0 Å². The lowest BCUT2D eigenvalue weighted by Crippen LogP contribution is -2.09. The molecule has 3 nitrogen and oxygen atoms in total. The summed E-state index contributed by atoms with van der Waals surface area (Å²) in [4.78, 5) is 13.0. The molecule has 4 heteroatoms. The summed E-state index contributed by atoms with van der Waals surface area (Å²) in [6.45, 7) is 1.99. The molecule has 15 heavy (non-hydrogen) atoms. The van der Waals surface area contributed by atoms with E-state index in [0.717, 1.165) is 5.56 Å². The van der Waals surface area contributed by atoms with Gasteiger partial charge in [-0.2, -0.15) is 0 Å². The highest BCUT2D eigenvalue weighted by Gasteiger charge is 2.04. The molecule has 0 unspecified atom stereocenters. The lowest BCUT2D eigenvalue weighted by molar-refractivity contribution is 1.24. The molecular weight excluding hydrogens is 206 g/mol. The van der Waals surface area contributed by atoms with Gasteiger partial charge in [0.25, 0.3) is 0 Å². The lowest BCUT2D eigenvalue weighted by atomic mass is 10.3. The molecule has 1 aliphatic rings. The maximum Gasteiger partial charge on any atom is 0.152 e. The van der Waals surface area contributed by atoms with Gasteiger partial charge >= 0.3 is 0 Å². The Balaban J connectivity index is 2.30. The zero-order chi connectivity index (χ0) is 10.7. The number of nitrogens with zero attached hydrogens (tertiary/aromatic N) is 3. The Morgan fingerprint density at radius 3 is 2.87 bits per heavy atom. The van der Waals surface area contributed by atoms with Crippen molar-refractivity contribution in [1.29, 1.82) is 0 Å². The van der Waals surface area contributed by atoms with E-state index in [1.165, 1.54) is 0 Å². The predicted molar refractivity (Wildman–Crippen MR) is 66.3 cm³/mol. The first kappa shape index (κ1) is 9.86.